The zero-order chi connectivity index (χ0) is 72.4. The van der Waals surface area contributed by atoms with Crippen LogP contribution in [0.2, 0.25) is 20.1 Å². The molecule has 0 aliphatic carbocycles. The largest absolute Gasteiger partial charge is 0.497 e. The second kappa shape index (κ2) is 35.9. The number of nitrogens with zero attached hydrogens (tertiary/aromatic N) is 11. The number of aromatic amines is 2. The number of benzene rings is 5. The Balaban J connectivity index is 0.000000166. The number of aliphatic hydroxyl groups is 2. The lowest BCUT2D eigenvalue weighted by atomic mass is 10.0. The Hall–Kier alpha value is -9.50. The summed E-state index contributed by atoms with van der Waals surface area (Å²) in [5.41, 5.74) is 10.6. The number of pyridine rings is 1. The van der Waals surface area contributed by atoms with Crippen LogP contribution in [0, 0.1) is 0 Å². The van der Waals surface area contributed by atoms with E-state index in [0.717, 1.165) is 126 Å². The molecular weight excluding hydrogens is 1380 g/mol. The Kier molecular flexibility index (Phi) is 26.5. The summed E-state index contributed by atoms with van der Waals surface area (Å²) in [5.74, 6) is 3.46. The molecule has 102 heavy (non-hydrogen) atoms. The van der Waals surface area contributed by atoms with Gasteiger partial charge in [0.1, 0.15) is 52.1 Å². The SMILES string of the molecule is CCN1CCN(c2ccc(Nc3cc(N(C)C(=O)Nc4c(Cl)c(CO)cc(OC)c4Cl)ncn3)cc2)CC1.COc1cc(CCc2cc(CC(=O)c3ccc(N4C[C@@H](C)N[C@@H](C)C4)cc3)[nH]n2)cc(OC)c1.C[C@@H](Oc1ccc2[nH]nc(/C=C/c3cnn(CCO)c3)c2c1)c1c(Cl)cncc1Cl. The predicted octanol–water partition coefficient (Wildman–Crippen LogP) is 13.4. The van der Waals surface area contributed by atoms with Crippen LogP contribution >= 0.6 is 46.4 Å². The van der Waals surface area contributed by atoms with Crippen molar-refractivity contribution in [1.29, 1.82) is 0 Å². The van der Waals surface area contributed by atoms with E-state index in [0.29, 0.717) is 63.6 Å². The number of H-pyrrole nitrogens is 2. The highest BCUT2D eigenvalue weighted by Gasteiger charge is 2.25. The minimum atomic E-state index is -0.539. The van der Waals surface area contributed by atoms with E-state index in [1.165, 1.54) is 30.1 Å². The van der Waals surface area contributed by atoms with E-state index in [2.05, 4.69) is 116 Å². The number of piperazine rings is 2. The van der Waals surface area contributed by atoms with Crippen molar-refractivity contribution in [3.8, 4) is 23.0 Å². The number of nitrogens with one attached hydrogen (secondary N) is 5. The summed E-state index contributed by atoms with van der Waals surface area (Å²) >= 11 is 25.2. The Bertz CT molecular complexity index is 4390. The maximum atomic E-state index is 13.0. The first-order valence-electron chi connectivity index (χ1n) is 33.3. The molecule has 24 nitrogen and oxygen atoms in total. The van der Waals surface area contributed by atoms with Gasteiger partial charge in [0.05, 0.1) is 91.4 Å². The number of hydrogen-bond acceptors (Lipinski definition) is 19. The zero-order valence-corrected chi connectivity index (χ0v) is 61.1. The van der Waals surface area contributed by atoms with Crippen molar-refractivity contribution >= 4 is 116 Å². The van der Waals surface area contributed by atoms with Crippen LogP contribution in [0.15, 0.2) is 134 Å². The topological polar surface area (TPSA) is 274 Å². The summed E-state index contributed by atoms with van der Waals surface area (Å²) < 4.78 is 23.7. The molecule has 2 amide bonds. The smallest absolute Gasteiger partial charge is 0.327 e. The normalized spacial score (nSPS) is 14.9. The number of likely N-dealkylation sites (N-methyl/N-ethyl adjacent to an activating group) is 1. The van der Waals surface area contributed by atoms with Crippen molar-refractivity contribution < 1.29 is 38.7 Å². The lowest BCUT2D eigenvalue weighted by molar-refractivity contribution is 0.0991. The minimum Gasteiger partial charge on any atom is -0.497 e. The number of halogens is 4. The molecule has 7 heterocycles. The second-order valence-electron chi connectivity index (χ2n) is 24.6. The molecule has 10 aromatic rings. The maximum Gasteiger partial charge on any atom is 0.327 e. The number of urea groups is 1. The number of methoxy groups -OCH3 is 3. The van der Waals surface area contributed by atoms with E-state index >= 15 is 0 Å². The summed E-state index contributed by atoms with van der Waals surface area (Å²) in [7, 11) is 6.29. The van der Waals surface area contributed by atoms with Crippen LogP contribution in [-0.2, 0) is 32.4 Å². The number of amides is 2. The number of carbonyl (C=O) groups is 2. The Morgan fingerprint density at radius 2 is 1.45 bits per heavy atom. The van der Waals surface area contributed by atoms with E-state index < -0.39 is 6.03 Å². The molecule has 2 fully saturated rings. The number of aliphatic hydroxyl groups excluding tert-OH is 2. The van der Waals surface area contributed by atoms with E-state index in [1.54, 1.807) is 50.6 Å². The number of fused-ring (bicyclic) bond motifs is 1. The molecule has 0 saturated carbocycles. The molecule has 0 spiro atoms. The van der Waals surface area contributed by atoms with Gasteiger partial charge in [-0.25, -0.2) is 14.8 Å². The number of carbonyl (C=O) groups excluding carboxylic acids is 2. The van der Waals surface area contributed by atoms with E-state index in [1.807, 2.05) is 92.0 Å². The van der Waals surface area contributed by atoms with Crippen molar-refractivity contribution in [2.75, 3.05) is 106 Å². The average Bonchev–Trinajstić information content (AvgIpc) is 1.51. The van der Waals surface area contributed by atoms with Crippen LogP contribution in [0.25, 0.3) is 23.1 Å². The molecule has 2 saturated heterocycles. The van der Waals surface area contributed by atoms with Crippen molar-refractivity contribution in [1.82, 2.24) is 55.3 Å². The summed E-state index contributed by atoms with van der Waals surface area (Å²) in [6, 6.07) is 33.3. The third-order valence-corrected chi connectivity index (χ3v) is 18.7. The number of rotatable bonds is 24. The lowest BCUT2D eigenvalue weighted by Crippen LogP contribution is -2.54. The highest BCUT2D eigenvalue weighted by Crippen LogP contribution is 2.41. The number of aromatic nitrogens is 9. The van der Waals surface area contributed by atoms with Gasteiger partial charge in [-0.2, -0.15) is 15.3 Å². The fraction of sp³-hybridized carbons (Fsp3) is 0.324. The van der Waals surface area contributed by atoms with Crippen molar-refractivity contribution in [3.63, 3.8) is 0 Å². The summed E-state index contributed by atoms with van der Waals surface area (Å²) in [4.78, 5) is 46.8. The summed E-state index contributed by atoms with van der Waals surface area (Å²) in [6.07, 6.45) is 13.4. The molecule has 536 valence electrons. The van der Waals surface area contributed by atoms with Crippen molar-refractivity contribution in [3.05, 3.63) is 199 Å². The van der Waals surface area contributed by atoms with E-state index in [-0.39, 0.29) is 46.6 Å². The number of Topliss-reactive ketones (excluding diaryl/α,β-unsaturated/α-hetero) is 1. The molecule has 2 aliphatic rings. The fourth-order valence-electron chi connectivity index (χ4n) is 11.9. The number of ketones is 1. The van der Waals surface area contributed by atoms with E-state index in [9.17, 15) is 14.7 Å². The number of hydrogen-bond donors (Lipinski definition) is 7. The van der Waals surface area contributed by atoms with Crippen LogP contribution in [0.1, 0.15) is 83.5 Å². The molecule has 0 bridgehead atoms. The lowest BCUT2D eigenvalue weighted by Gasteiger charge is -2.37. The van der Waals surface area contributed by atoms with Crippen molar-refractivity contribution in [2.45, 2.75) is 78.3 Å². The molecule has 28 heteroatoms. The molecule has 5 aromatic heterocycles. The highest BCUT2D eigenvalue weighted by molar-refractivity contribution is 6.41. The van der Waals surface area contributed by atoms with Gasteiger partial charge in [-0.15, -0.1) is 0 Å². The second-order valence-corrected chi connectivity index (χ2v) is 26.1. The molecule has 3 atom stereocenters. The van der Waals surface area contributed by atoms with Crippen LogP contribution in [0.3, 0.4) is 0 Å². The summed E-state index contributed by atoms with van der Waals surface area (Å²) in [6.45, 7) is 15.8. The van der Waals surface area contributed by atoms with Gasteiger partial charge in [0.2, 0.25) is 0 Å². The average molecular weight is 1470 g/mol. The van der Waals surface area contributed by atoms with Gasteiger partial charge < -0.3 is 59.8 Å². The predicted molar refractivity (Wildman–Crippen MR) is 404 cm³/mol. The molecule has 0 unspecified atom stereocenters. The molecule has 0 radical (unpaired) electrons. The van der Waals surface area contributed by atoms with Crippen LogP contribution < -0.4 is 49.6 Å². The molecule has 12 rings (SSSR count). The Labute approximate surface area is 612 Å². The quantitative estimate of drug-likeness (QED) is 0.0277. The first-order valence-corrected chi connectivity index (χ1v) is 34.8. The van der Waals surface area contributed by atoms with Crippen LogP contribution in [-0.4, -0.2) is 165 Å². The molecule has 5 aromatic carbocycles. The van der Waals surface area contributed by atoms with Gasteiger partial charge >= 0.3 is 6.03 Å². The molecule has 2 aliphatic heterocycles. The van der Waals surface area contributed by atoms with Gasteiger partial charge in [0.15, 0.2) is 5.78 Å². The monoisotopic (exact) mass is 1460 g/mol. The summed E-state index contributed by atoms with van der Waals surface area (Å²) in [5, 5.41) is 49.2. The Morgan fingerprint density at radius 3 is 2.12 bits per heavy atom. The molecular formula is C74H84Cl4N16O8. The standard InChI is InChI=1S/C27H34N4O3.C26H31Cl2N7O3.C21H19Cl2N5O2/c1-18-16-31(17-19(2)28-18)24-9-6-21(7-10-24)27(32)14-23-13-22(29-30-23)8-5-20-11-25(33-3)15-26(12-20)34-4;1-4-34-9-11-35(12-10-34)19-7-5-18(6-8-19)31-21-14-22(30-16-29-21)33(2)26(37)32-25-23(27)17(15-36)13-20(38-3)24(25)28;1-13(21-17(22)10-24-11-18(21)23)30-15-3-5-20-16(8-15)19(26-27-20)4-2-14-9-25-28(12-14)6-7-29/h6-7,9-13,15,18-19,28H,5,8,14,16-17H2,1-4H3,(H,29,30);5-8,13-14,16,36H,4,9-12,15H2,1-3H3,(H,32,37)(H,29,30,31);2-5,8-13,29H,6-7H2,1H3,(H,26,27)/b;;4-2+/t18-,19+;;13-/m..1/s1. The van der Waals surface area contributed by atoms with Gasteiger partial charge in [-0.3, -0.25) is 29.6 Å². The number of aryl methyl sites for hydroxylation is 2. The van der Waals surface area contributed by atoms with Crippen LogP contribution in [0.5, 0.6) is 23.0 Å². The fourth-order valence-corrected chi connectivity index (χ4v) is 13.1. The zero-order valence-electron chi connectivity index (χ0n) is 58.1. The Morgan fingerprint density at radius 1 is 0.755 bits per heavy atom. The van der Waals surface area contributed by atoms with Crippen LogP contribution in [0.4, 0.5) is 39.2 Å². The highest BCUT2D eigenvalue weighted by atomic mass is 35.5. The third-order valence-electron chi connectivity index (χ3n) is 17.3. The third kappa shape index (κ3) is 19.8. The first-order chi connectivity index (χ1) is 49.3. The van der Waals surface area contributed by atoms with E-state index in [4.69, 9.17) is 70.5 Å². The maximum absolute atomic E-state index is 13.0. The minimum absolute atomic E-state index is 0.0476. The molecule has 7 N–H and O–H groups in total. The van der Waals surface area contributed by atoms with Crippen molar-refractivity contribution in [2.24, 2.45) is 0 Å². The van der Waals surface area contributed by atoms with Gasteiger partial charge in [0, 0.05) is 140 Å². The number of ether oxygens (including phenoxy) is 4. The first kappa shape index (κ1) is 75.2. The van der Waals surface area contributed by atoms with Gasteiger partial charge in [0.25, 0.3) is 0 Å². The van der Waals surface area contributed by atoms with Gasteiger partial charge in [-0.1, -0.05) is 53.3 Å². The van der Waals surface area contributed by atoms with Gasteiger partial charge in [-0.05, 0) is 149 Å². The number of anilines is 6.